The molecule has 0 spiro atoms. The average molecular weight is 293 g/mol. The lowest BCUT2D eigenvalue weighted by Gasteiger charge is -2.14. The van der Waals surface area contributed by atoms with Crippen LogP contribution in [0, 0.1) is 0 Å². The second kappa shape index (κ2) is 4.38. The first-order valence-electron chi connectivity index (χ1n) is 7.03. The molecule has 2 aromatic rings. The highest BCUT2D eigenvalue weighted by Gasteiger charge is 2.51. The Labute approximate surface area is 127 Å². The Kier molecular flexibility index (Phi) is 2.58. The molecule has 2 aliphatic heterocycles. The van der Waals surface area contributed by atoms with Crippen molar-refractivity contribution in [3.63, 3.8) is 0 Å². The van der Waals surface area contributed by atoms with Crippen LogP contribution in [0.1, 0.15) is 19.5 Å². The summed E-state index contributed by atoms with van der Waals surface area (Å²) < 4.78 is 0. The van der Waals surface area contributed by atoms with E-state index in [2.05, 4.69) is 15.2 Å². The fourth-order valence-electron chi connectivity index (χ4n) is 2.75. The number of hydrogen-bond acceptors (Lipinski definition) is 6. The molecular formula is C16H15N5O. The van der Waals surface area contributed by atoms with Crippen LogP contribution in [0.5, 0.6) is 0 Å². The fourth-order valence-corrected chi connectivity index (χ4v) is 2.75. The number of nitrogen functional groups attached to an aromatic ring is 1. The number of hydroxylamine groups is 2. The molecule has 1 unspecified atom stereocenters. The molecule has 3 heterocycles. The first-order chi connectivity index (χ1) is 10.6. The number of hydrogen-bond donors (Lipinski definition) is 1. The van der Waals surface area contributed by atoms with Crippen molar-refractivity contribution in [2.45, 2.75) is 19.6 Å². The Balaban J connectivity index is 1.88. The van der Waals surface area contributed by atoms with Crippen molar-refractivity contribution >= 4 is 11.5 Å². The van der Waals surface area contributed by atoms with Gasteiger partial charge in [-0.3, -0.25) is 0 Å². The summed E-state index contributed by atoms with van der Waals surface area (Å²) >= 11 is 0. The molecule has 2 aliphatic rings. The molecule has 0 radical (unpaired) electrons. The van der Waals surface area contributed by atoms with Gasteiger partial charge >= 0.3 is 0 Å². The van der Waals surface area contributed by atoms with Crippen LogP contribution in [0.2, 0.25) is 0 Å². The van der Waals surface area contributed by atoms with E-state index in [4.69, 9.17) is 10.6 Å². The van der Waals surface area contributed by atoms with Gasteiger partial charge in [0.1, 0.15) is 11.4 Å². The number of nitrogens with two attached hydrogens (primary N) is 1. The molecule has 1 aromatic heterocycles. The Morgan fingerprint density at radius 3 is 2.64 bits per heavy atom. The van der Waals surface area contributed by atoms with Crippen molar-refractivity contribution in [3.8, 4) is 11.3 Å². The van der Waals surface area contributed by atoms with E-state index in [1.165, 1.54) is 0 Å². The molecule has 6 nitrogen and oxygen atoms in total. The molecule has 1 fully saturated rings. The molecule has 6 heteroatoms. The molecule has 0 bridgehead atoms. The van der Waals surface area contributed by atoms with Crippen LogP contribution >= 0.6 is 0 Å². The zero-order chi connectivity index (χ0) is 15.3. The minimum Gasteiger partial charge on any atom is -0.366 e. The summed E-state index contributed by atoms with van der Waals surface area (Å²) in [7, 11) is 0. The van der Waals surface area contributed by atoms with Gasteiger partial charge in [-0.05, 0) is 26.0 Å². The summed E-state index contributed by atoms with van der Waals surface area (Å²) in [5.41, 5.74) is 9.68. The SMILES string of the molecule is CC1=CC(c2nnc(N)nc2-c2ccccc2)=CC2(C)ON12. The lowest BCUT2D eigenvalue weighted by atomic mass is 9.99. The summed E-state index contributed by atoms with van der Waals surface area (Å²) in [5.74, 6) is 0.162. The summed E-state index contributed by atoms with van der Waals surface area (Å²) in [6.45, 7) is 4.00. The van der Waals surface area contributed by atoms with E-state index in [1.807, 2.05) is 61.4 Å². The maximum atomic E-state index is 5.73. The van der Waals surface area contributed by atoms with Crippen LogP contribution in [-0.4, -0.2) is 26.0 Å². The van der Waals surface area contributed by atoms with Gasteiger partial charge in [-0.25, -0.2) is 14.9 Å². The van der Waals surface area contributed by atoms with Crippen molar-refractivity contribution in [1.29, 1.82) is 0 Å². The highest BCUT2D eigenvalue weighted by molar-refractivity contribution is 5.83. The third kappa shape index (κ3) is 1.96. The van der Waals surface area contributed by atoms with Crippen LogP contribution in [0.3, 0.4) is 0 Å². The van der Waals surface area contributed by atoms with Crippen LogP contribution in [0.25, 0.3) is 16.8 Å². The number of rotatable bonds is 2. The molecule has 1 atom stereocenters. The lowest BCUT2D eigenvalue weighted by Crippen LogP contribution is -2.15. The predicted octanol–water partition coefficient (Wildman–Crippen LogP) is 2.39. The smallest absolute Gasteiger partial charge is 0.240 e. The lowest BCUT2D eigenvalue weighted by molar-refractivity contribution is 0.236. The summed E-state index contributed by atoms with van der Waals surface area (Å²) in [6.07, 6.45) is 4.04. The highest BCUT2D eigenvalue weighted by Crippen LogP contribution is 2.46. The summed E-state index contributed by atoms with van der Waals surface area (Å²) in [5, 5.41) is 10.0. The van der Waals surface area contributed by atoms with Gasteiger partial charge in [-0.15, -0.1) is 10.2 Å². The number of aromatic nitrogens is 3. The molecule has 0 aliphatic carbocycles. The normalized spacial score (nSPS) is 22.7. The van der Waals surface area contributed by atoms with Crippen LogP contribution in [0.15, 0.2) is 48.2 Å². The molecule has 22 heavy (non-hydrogen) atoms. The Morgan fingerprint density at radius 2 is 1.91 bits per heavy atom. The van der Waals surface area contributed by atoms with Crippen LogP contribution < -0.4 is 5.73 Å². The number of nitrogens with zero attached hydrogens (tertiary/aromatic N) is 4. The van der Waals surface area contributed by atoms with Crippen molar-refractivity contribution in [2.75, 3.05) is 5.73 Å². The first-order valence-corrected chi connectivity index (χ1v) is 7.03. The van der Waals surface area contributed by atoms with Crippen molar-refractivity contribution < 1.29 is 4.84 Å². The van der Waals surface area contributed by atoms with Gasteiger partial charge in [0, 0.05) is 16.8 Å². The van der Waals surface area contributed by atoms with Crippen LogP contribution in [0.4, 0.5) is 5.95 Å². The Morgan fingerprint density at radius 1 is 1.14 bits per heavy atom. The monoisotopic (exact) mass is 293 g/mol. The zero-order valence-electron chi connectivity index (χ0n) is 12.3. The van der Waals surface area contributed by atoms with E-state index < -0.39 is 5.72 Å². The third-order valence-electron chi connectivity index (χ3n) is 3.78. The third-order valence-corrected chi connectivity index (χ3v) is 3.78. The Hall–Kier alpha value is -2.73. The molecule has 0 saturated carbocycles. The molecular weight excluding hydrogens is 278 g/mol. The van der Waals surface area contributed by atoms with Gasteiger partial charge in [-0.1, -0.05) is 30.3 Å². The van der Waals surface area contributed by atoms with Crippen molar-refractivity contribution in [3.05, 3.63) is 53.9 Å². The Bertz CT molecular complexity index is 815. The van der Waals surface area contributed by atoms with Crippen molar-refractivity contribution in [1.82, 2.24) is 20.2 Å². The summed E-state index contributed by atoms with van der Waals surface area (Å²) in [6, 6.07) is 9.84. The fraction of sp³-hybridized carbons (Fsp3) is 0.188. The van der Waals surface area contributed by atoms with E-state index in [-0.39, 0.29) is 5.95 Å². The molecule has 4 rings (SSSR count). The zero-order valence-corrected chi connectivity index (χ0v) is 12.3. The van der Waals surface area contributed by atoms with Gasteiger partial charge in [0.05, 0.1) is 0 Å². The molecule has 0 amide bonds. The molecule has 1 aromatic carbocycles. The van der Waals surface area contributed by atoms with Gasteiger partial charge in [0.15, 0.2) is 0 Å². The quantitative estimate of drug-likeness (QED) is 0.856. The van der Waals surface area contributed by atoms with Crippen LogP contribution in [-0.2, 0) is 4.84 Å². The maximum Gasteiger partial charge on any atom is 0.240 e. The average Bonchev–Trinajstić information content (AvgIpc) is 3.20. The largest absolute Gasteiger partial charge is 0.366 e. The van der Waals surface area contributed by atoms with Gasteiger partial charge < -0.3 is 5.73 Å². The first kappa shape index (κ1) is 13.0. The topological polar surface area (TPSA) is 80.2 Å². The van der Waals surface area contributed by atoms with Crippen molar-refractivity contribution in [2.24, 2.45) is 0 Å². The molecule has 110 valence electrons. The van der Waals surface area contributed by atoms with Gasteiger partial charge in [-0.2, -0.15) is 0 Å². The van der Waals surface area contributed by atoms with Gasteiger partial charge in [0.25, 0.3) is 0 Å². The van der Waals surface area contributed by atoms with E-state index in [0.717, 1.165) is 22.5 Å². The standard InChI is InChI=1S/C16H15N5O/c1-10-8-12(9-16(2)21(10)22-16)14-13(18-15(17)20-19-14)11-6-4-3-5-7-11/h3-9H,1-2H3,(H2,17,18,20). The van der Waals surface area contributed by atoms with E-state index >= 15 is 0 Å². The minimum atomic E-state index is -0.398. The number of benzene rings is 1. The maximum absolute atomic E-state index is 5.73. The number of anilines is 1. The molecule has 1 saturated heterocycles. The van der Waals surface area contributed by atoms with E-state index in [9.17, 15) is 0 Å². The second-order valence-corrected chi connectivity index (χ2v) is 5.56. The highest BCUT2D eigenvalue weighted by atomic mass is 16.9. The number of allylic oxidation sites excluding steroid dienone is 3. The predicted molar refractivity (Wildman–Crippen MR) is 82.7 cm³/mol. The van der Waals surface area contributed by atoms with E-state index in [1.54, 1.807) is 0 Å². The summed E-state index contributed by atoms with van der Waals surface area (Å²) in [4.78, 5) is 9.98. The minimum absolute atomic E-state index is 0.162. The van der Waals surface area contributed by atoms with Gasteiger partial charge in [0.2, 0.25) is 11.7 Å². The second-order valence-electron chi connectivity index (χ2n) is 5.56. The number of fused-ring (bicyclic) bond motifs is 1. The van der Waals surface area contributed by atoms with E-state index in [0.29, 0.717) is 5.69 Å². The molecule has 2 N–H and O–H groups in total.